The predicted octanol–water partition coefficient (Wildman–Crippen LogP) is 3.01. The van der Waals surface area contributed by atoms with Crippen molar-refractivity contribution in [3.05, 3.63) is 59.2 Å². The molecule has 0 radical (unpaired) electrons. The summed E-state index contributed by atoms with van der Waals surface area (Å²) in [6, 6.07) is 12.2. The lowest BCUT2D eigenvalue weighted by Crippen LogP contribution is -2.21. The molecule has 0 N–H and O–H groups in total. The summed E-state index contributed by atoms with van der Waals surface area (Å²) >= 11 is 0. The van der Waals surface area contributed by atoms with Gasteiger partial charge in [0, 0.05) is 17.7 Å². The number of hydrogen-bond donors (Lipinski definition) is 0. The van der Waals surface area contributed by atoms with E-state index in [1.165, 1.54) is 6.26 Å². The number of fused-ring (bicyclic) bond motifs is 1. The van der Waals surface area contributed by atoms with Gasteiger partial charge in [-0.15, -0.1) is 0 Å². The van der Waals surface area contributed by atoms with Crippen LogP contribution in [0.15, 0.2) is 47.4 Å². The maximum atomic E-state index is 12.7. The number of benzene rings is 2. The van der Waals surface area contributed by atoms with Gasteiger partial charge in [-0.25, -0.2) is 8.42 Å². The van der Waals surface area contributed by atoms with Crippen LogP contribution >= 0.6 is 0 Å². The molecule has 1 aliphatic carbocycles. The number of carbonyl (C=O) groups excluding carboxylic acids is 1. The minimum Gasteiger partial charge on any atom is -0.497 e. The van der Waals surface area contributed by atoms with Gasteiger partial charge in [0.1, 0.15) is 5.75 Å². The molecule has 1 aliphatic rings. The Kier molecular flexibility index (Phi) is 3.98. The van der Waals surface area contributed by atoms with Crippen molar-refractivity contribution in [1.29, 1.82) is 0 Å². The smallest absolute Gasteiger partial charge is 0.175 e. The highest BCUT2D eigenvalue weighted by molar-refractivity contribution is 7.90. The van der Waals surface area contributed by atoms with E-state index in [1.807, 2.05) is 12.1 Å². The predicted molar refractivity (Wildman–Crippen MR) is 87.9 cm³/mol. The molecular formula is C18H18O4S. The average molecular weight is 332 g/mol. The number of methoxy groups -OCH3 is 1. The molecule has 0 heterocycles. The molecule has 0 bridgehead atoms. The van der Waals surface area contributed by atoms with Crippen LogP contribution in [0.1, 0.15) is 33.8 Å². The third-order valence-corrected chi connectivity index (χ3v) is 5.44. The van der Waals surface area contributed by atoms with Gasteiger partial charge in [0.05, 0.1) is 12.0 Å². The number of rotatable bonds is 3. The summed E-state index contributed by atoms with van der Waals surface area (Å²) in [5.41, 5.74) is 2.61. The Morgan fingerprint density at radius 1 is 1.13 bits per heavy atom. The highest BCUT2D eigenvalue weighted by atomic mass is 32.2. The maximum absolute atomic E-state index is 12.7. The van der Waals surface area contributed by atoms with Crippen molar-refractivity contribution >= 4 is 15.6 Å². The molecule has 2 aromatic carbocycles. The molecule has 2 aromatic rings. The topological polar surface area (TPSA) is 60.4 Å². The standard InChI is InChI=1S/C18H18O4S/c1-22-14-6-10-17-13(11-14)5-9-16(18(17)19)12-3-7-15(8-4-12)23(2,20)21/h3-4,6-8,10-11,16H,5,9H2,1-2H3/i18+2. The van der Waals surface area contributed by atoms with Gasteiger partial charge >= 0.3 is 0 Å². The van der Waals surface area contributed by atoms with Crippen LogP contribution in [-0.4, -0.2) is 27.6 Å². The molecule has 120 valence electrons. The molecule has 1 unspecified atom stereocenters. The zero-order valence-electron chi connectivity index (χ0n) is 13.1. The van der Waals surface area contributed by atoms with Crippen molar-refractivity contribution in [1.82, 2.24) is 0 Å². The molecule has 4 nitrogen and oxygen atoms in total. The lowest BCUT2D eigenvalue weighted by Gasteiger charge is -2.24. The SMILES string of the molecule is COc1ccc2c(c1)CCC(c1ccc(S(C)(=O)=O)cc1)[14C]2=O. The van der Waals surface area contributed by atoms with E-state index in [0.29, 0.717) is 0 Å². The van der Waals surface area contributed by atoms with E-state index in [-0.39, 0.29) is 16.6 Å². The van der Waals surface area contributed by atoms with Crippen LogP contribution in [0.25, 0.3) is 0 Å². The molecule has 5 heteroatoms. The molecule has 0 saturated heterocycles. The molecule has 0 spiro atoms. The summed E-state index contributed by atoms with van der Waals surface area (Å²) in [6.45, 7) is 0. The van der Waals surface area contributed by atoms with E-state index in [4.69, 9.17) is 4.74 Å². The van der Waals surface area contributed by atoms with Crippen LogP contribution in [0.3, 0.4) is 0 Å². The zero-order valence-corrected chi connectivity index (χ0v) is 13.9. The number of carbonyl (C=O) groups is 1. The summed E-state index contributed by atoms with van der Waals surface area (Å²) in [7, 11) is -1.61. The fourth-order valence-electron chi connectivity index (χ4n) is 3.03. The first-order chi connectivity index (χ1) is 10.9. The Labute approximate surface area is 136 Å². The Hall–Kier alpha value is -2.14. The fourth-order valence-corrected chi connectivity index (χ4v) is 3.66. The number of hydrogen-bond acceptors (Lipinski definition) is 4. The second-order valence-electron chi connectivity index (χ2n) is 5.82. The van der Waals surface area contributed by atoms with Crippen LogP contribution in [0, 0.1) is 0 Å². The minimum absolute atomic E-state index is 0.0843. The van der Waals surface area contributed by atoms with E-state index < -0.39 is 9.84 Å². The third-order valence-electron chi connectivity index (χ3n) is 4.31. The third kappa shape index (κ3) is 3.01. The Bertz CT molecular complexity index is 851. The molecule has 3 rings (SSSR count). The van der Waals surface area contributed by atoms with Crippen molar-refractivity contribution in [3.8, 4) is 5.75 Å². The first-order valence-electron chi connectivity index (χ1n) is 7.41. The molecular weight excluding hydrogens is 314 g/mol. The van der Waals surface area contributed by atoms with Gasteiger partial charge in [-0.05, 0) is 54.3 Å². The number of ether oxygens (including phenoxy) is 1. The first kappa shape index (κ1) is 15.7. The zero-order chi connectivity index (χ0) is 16.6. The summed E-state index contributed by atoms with van der Waals surface area (Å²) in [6.07, 6.45) is 2.70. The molecule has 23 heavy (non-hydrogen) atoms. The van der Waals surface area contributed by atoms with E-state index in [1.54, 1.807) is 37.4 Å². The van der Waals surface area contributed by atoms with Gasteiger partial charge < -0.3 is 4.74 Å². The lowest BCUT2D eigenvalue weighted by molar-refractivity contribution is 0.0946. The van der Waals surface area contributed by atoms with Gasteiger partial charge in [-0.3, -0.25) is 4.79 Å². The lowest BCUT2D eigenvalue weighted by atomic mass is 9.93. The van der Waals surface area contributed by atoms with Crippen LogP contribution < -0.4 is 4.74 Å². The van der Waals surface area contributed by atoms with Crippen LogP contribution in [0.4, 0.5) is 0 Å². The highest BCUT2D eigenvalue weighted by Gasteiger charge is 2.29. The monoisotopic (exact) mass is 332 g/mol. The van der Waals surface area contributed by atoms with Gasteiger partial charge in [-0.2, -0.15) is 0 Å². The second kappa shape index (κ2) is 5.81. The fraction of sp³-hybridized carbons (Fsp3) is 0.278. The molecule has 0 aliphatic heterocycles. The Morgan fingerprint density at radius 2 is 1.83 bits per heavy atom. The Balaban J connectivity index is 1.92. The number of Topliss-reactive ketones (excluding diaryl/α,β-unsaturated/α-hetero) is 1. The maximum Gasteiger partial charge on any atom is 0.175 e. The molecule has 0 aromatic heterocycles. The molecule has 0 fully saturated rings. The van der Waals surface area contributed by atoms with E-state index >= 15 is 0 Å². The van der Waals surface area contributed by atoms with Gasteiger partial charge in [-0.1, -0.05) is 12.1 Å². The largest absolute Gasteiger partial charge is 0.497 e. The van der Waals surface area contributed by atoms with Crippen molar-refractivity contribution in [3.63, 3.8) is 0 Å². The first-order valence-corrected chi connectivity index (χ1v) is 9.30. The molecule has 0 amide bonds. The molecule has 0 saturated carbocycles. The normalized spacial score (nSPS) is 17.7. The van der Waals surface area contributed by atoms with Crippen molar-refractivity contribution in [2.45, 2.75) is 23.7 Å². The van der Waals surface area contributed by atoms with E-state index in [0.717, 1.165) is 35.3 Å². The van der Waals surface area contributed by atoms with Crippen molar-refractivity contribution in [2.24, 2.45) is 0 Å². The summed E-state index contributed by atoms with van der Waals surface area (Å²) < 4.78 is 28.3. The number of ketones is 1. The van der Waals surface area contributed by atoms with Crippen LogP contribution in [0.5, 0.6) is 5.75 Å². The van der Waals surface area contributed by atoms with Gasteiger partial charge in [0.25, 0.3) is 0 Å². The van der Waals surface area contributed by atoms with Gasteiger partial charge in [0.2, 0.25) is 0 Å². The average Bonchev–Trinajstić information content (AvgIpc) is 2.54. The van der Waals surface area contributed by atoms with Gasteiger partial charge in [0.15, 0.2) is 15.6 Å². The quantitative estimate of drug-likeness (QED) is 0.867. The number of aryl methyl sites for hydroxylation is 1. The Morgan fingerprint density at radius 3 is 2.43 bits per heavy atom. The highest BCUT2D eigenvalue weighted by Crippen LogP contribution is 2.34. The van der Waals surface area contributed by atoms with Crippen LogP contribution in [0.2, 0.25) is 0 Å². The minimum atomic E-state index is -3.22. The van der Waals surface area contributed by atoms with Crippen molar-refractivity contribution in [2.75, 3.05) is 13.4 Å². The molecule has 1 atom stereocenters. The summed E-state index contributed by atoms with van der Waals surface area (Å²) in [5, 5.41) is 0. The second-order valence-corrected chi connectivity index (χ2v) is 7.84. The summed E-state index contributed by atoms with van der Waals surface area (Å²) in [4.78, 5) is 13.0. The summed E-state index contributed by atoms with van der Waals surface area (Å²) in [5.74, 6) is 0.623. The number of sulfone groups is 1. The van der Waals surface area contributed by atoms with Crippen LogP contribution in [-0.2, 0) is 16.3 Å². The van der Waals surface area contributed by atoms with Crippen molar-refractivity contribution < 1.29 is 17.9 Å². The van der Waals surface area contributed by atoms with E-state index in [9.17, 15) is 13.2 Å². The van der Waals surface area contributed by atoms with E-state index in [2.05, 4.69) is 0 Å².